The quantitative estimate of drug-likeness (QED) is 0.669. The first-order valence-electron chi connectivity index (χ1n) is 5.63. The van der Waals surface area contributed by atoms with Crippen molar-refractivity contribution in [2.45, 2.75) is 33.1 Å². The lowest BCUT2D eigenvalue weighted by Crippen LogP contribution is -2.05. The van der Waals surface area contributed by atoms with Crippen molar-refractivity contribution < 1.29 is 0 Å². The number of aromatic nitrogens is 1. The second-order valence-corrected chi connectivity index (χ2v) is 3.91. The lowest BCUT2D eigenvalue weighted by molar-refractivity contribution is 0.807. The fourth-order valence-electron chi connectivity index (χ4n) is 2.12. The van der Waals surface area contributed by atoms with Crippen LogP contribution in [0.5, 0.6) is 0 Å². The number of hydrogen-bond acceptors (Lipinski definition) is 1. The topological polar surface area (TPSA) is 12.9 Å². The average Bonchev–Trinajstić information content (AvgIpc) is 2.28. The smallest absolute Gasteiger partial charge is 0.0697 e. The normalized spacial score (nSPS) is 18.4. The van der Waals surface area contributed by atoms with Crippen LogP contribution in [0.15, 0.2) is 24.3 Å². The molecule has 0 aliphatic heterocycles. The van der Waals surface area contributed by atoms with Crippen LogP contribution in [-0.2, 0) is 6.42 Å². The monoisotopic (exact) mass is 199 g/mol. The van der Waals surface area contributed by atoms with E-state index in [9.17, 15) is 0 Å². The van der Waals surface area contributed by atoms with Crippen molar-refractivity contribution in [3.63, 3.8) is 0 Å². The number of rotatable bonds is 1. The van der Waals surface area contributed by atoms with Gasteiger partial charge in [-0.05, 0) is 56.4 Å². The molecule has 0 atom stereocenters. The van der Waals surface area contributed by atoms with Crippen LogP contribution in [0.1, 0.15) is 43.6 Å². The van der Waals surface area contributed by atoms with Crippen LogP contribution < -0.4 is 0 Å². The van der Waals surface area contributed by atoms with Crippen LogP contribution in [0, 0.1) is 0 Å². The highest BCUT2D eigenvalue weighted by Gasteiger charge is 2.14. The highest BCUT2D eigenvalue weighted by molar-refractivity contribution is 5.67. The molecule has 0 N–H and O–H groups in total. The van der Waals surface area contributed by atoms with Crippen molar-refractivity contribution in [1.29, 1.82) is 0 Å². The Hall–Kier alpha value is -1.37. The van der Waals surface area contributed by atoms with Gasteiger partial charge in [0.15, 0.2) is 0 Å². The molecule has 2 rings (SSSR count). The fraction of sp³-hybridized carbons (Fsp3) is 0.357. The summed E-state index contributed by atoms with van der Waals surface area (Å²) in [6, 6.07) is 4.33. The summed E-state index contributed by atoms with van der Waals surface area (Å²) >= 11 is 0. The van der Waals surface area contributed by atoms with Crippen molar-refractivity contribution in [2.75, 3.05) is 0 Å². The van der Waals surface area contributed by atoms with Crippen LogP contribution >= 0.6 is 0 Å². The molecule has 0 unspecified atom stereocenters. The predicted molar refractivity (Wildman–Crippen MR) is 65.5 cm³/mol. The summed E-state index contributed by atoms with van der Waals surface area (Å²) in [5.74, 6) is 0. The lowest BCUT2D eigenvalue weighted by Gasteiger charge is -2.18. The average molecular weight is 199 g/mol. The molecule has 0 saturated heterocycles. The molecule has 1 aliphatic carbocycles. The van der Waals surface area contributed by atoms with Gasteiger partial charge < -0.3 is 0 Å². The third kappa shape index (κ3) is 2.01. The Morgan fingerprint density at radius 1 is 1.20 bits per heavy atom. The second-order valence-electron chi connectivity index (χ2n) is 3.91. The van der Waals surface area contributed by atoms with Gasteiger partial charge >= 0.3 is 0 Å². The van der Waals surface area contributed by atoms with E-state index in [0.717, 1.165) is 5.69 Å². The van der Waals surface area contributed by atoms with E-state index in [2.05, 4.69) is 31.2 Å². The van der Waals surface area contributed by atoms with E-state index >= 15 is 0 Å². The molecule has 1 aromatic heterocycles. The van der Waals surface area contributed by atoms with E-state index in [1.807, 2.05) is 13.0 Å². The summed E-state index contributed by atoms with van der Waals surface area (Å²) in [5.41, 5.74) is 5.10. The summed E-state index contributed by atoms with van der Waals surface area (Å²) in [6.07, 6.45) is 9.91. The van der Waals surface area contributed by atoms with E-state index in [0.29, 0.717) is 0 Å². The first kappa shape index (κ1) is 10.2. The summed E-state index contributed by atoms with van der Waals surface area (Å²) in [7, 11) is 0. The SMILES string of the molecule is C/C=C/c1ccc2c(n1)/C(=C/C)CCC2. The molecule has 0 fully saturated rings. The third-order valence-electron chi connectivity index (χ3n) is 2.88. The van der Waals surface area contributed by atoms with Gasteiger partial charge in [-0.25, -0.2) is 4.98 Å². The molecule has 0 saturated carbocycles. The van der Waals surface area contributed by atoms with Gasteiger partial charge in [-0.15, -0.1) is 0 Å². The number of aryl methyl sites for hydroxylation is 1. The van der Waals surface area contributed by atoms with Gasteiger partial charge in [0.2, 0.25) is 0 Å². The predicted octanol–water partition coefficient (Wildman–Crippen LogP) is 3.85. The van der Waals surface area contributed by atoms with Gasteiger partial charge in [-0.3, -0.25) is 0 Å². The largest absolute Gasteiger partial charge is 0.249 e. The van der Waals surface area contributed by atoms with Gasteiger partial charge in [0.05, 0.1) is 11.4 Å². The highest BCUT2D eigenvalue weighted by atomic mass is 14.7. The molecule has 0 bridgehead atoms. The summed E-state index contributed by atoms with van der Waals surface area (Å²) < 4.78 is 0. The lowest BCUT2D eigenvalue weighted by atomic mass is 9.91. The molecule has 15 heavy (non-hydrogen) atoms. The van der Waals surface area contributed by atoms with Crippen LogP contribution in [0.2, 0.25) is 0 Å². The zero-order chi connectivity index (χ0) is 10.7. The zero-order valence-corrected chi connectivity index (χ0v) is 9.46. The van der Waals surface area contributed by atoms with Crippen molar-refractivity contribution in [1.82, 2.24) is 4.98 Å². The maximum Gasteiger partial charge on any atom is 0.0697 e. The molecule has 1 heteroatoms. The Balaban J connectivity index is 2.48. The van der Waals surface area contributed by atoms with Gasteiger partial charge in [0, 0.05) is 0 Å². The van der Waals surface area contributed by atoms with Crippen molar-refractivity contribution in [2.24, 2.45) is 0 Å². The first-order chi connectivity index (χ1) is 7.35. The van der Waals surface area contributed by atoms with Crippen LogP contribution in [0.25, 0.3) is 11.6 Å². The minimum absolute atomic E-state index is 1.07. The number of hydrogen-bond donors (Lipinski definition) is 0. The molecule has 0 aromatic carbocycles. The zero-order valence-electron chi connectivity index (χ0n) is 9.46. The highest BCUT2D eigenvalue weighted by Crippen LogP contribution is 2.29. The van der Waals surface area contributed by atoms with E-state index < -0.39 is 0 Å². The molecule has 0 spiro atoms. The molecule has 0 radical (unpaired) electrons. The standard InChI is InChI=1S/C14H17N/c1-3-6-13-10-9-12-8-5-7-11(4-2)14(12)15-13/h3-4,6,9-10H,5,7-8H2,1-2H3/b6-3+,11-4+. The van der Waals surface area contributed by atoms with Gasteiger partial charge in [0.25, 0.3) is 0 Å². The Kier molecular flexibility index (Phi) is 3.00. The third-order valence-corrected chi connectivity index (χ3v) is 2.88. The summed E-state index contributed by atoms with van der Waals surface area (Å²) in [4.78, 5) is 4.70. The molecule has 1 heterocycles. The fourth-order valence-corrected chi connectivity index (χ4v) is 2.12. The Bertz CT molecular complexity index is 413. The number of fused-ring (bicyclic) bond motifs is 1. The van der Waals surface area contributed by atoms with E-state index in [4.69, 9.17) is 4.98 Å². The Morgan fingerprint density at radius 2 is 2.07 bits per heavy atom. The van der Waals surface area contributed by atoms with E-state index in [1.165, 1.54) is 36.1 Å². The minimum Gasteiger partial charge on any atom is -0.249 e. The maximum atomic E-state index is 4.70. The van der Waals surface area contributed by atoms with Crippen molar-refractivity contribution in [3.8, 4) is 0 Å². The molecular weight excluding hydrogens is 182 g/mol. The Labute approximate surface area is 91.6 Å². The van der Waals surface area contributed by atoms with Crippen molar-refractivity contribution >= 4 is 11.6 Å². The van der Waals surface area contributed by atoms with Gasteiger partial charge in [-0.1, -0.05) is 18.2 Å². The van der Waals surface area contributed by atoms with E-state index in [-0.39, 0.29) is 0 Å². The second kappa shape index (κ2) is 4.43. The maximum absolute atomic E-state index is 4.70. The first-order valence-corrected chi connectivity index (χ1v) is 5.63. The number of nitrogens with zero attached hydrogens (tertiary/aromatic N) is 1. The molecule has 0 amide bonds. The Morgan fingerprint density at radius 3 is 2.80 bits per heavy atom. The van der Waals surface area contributed by atoms with Crippen LogP contribution in [-0.4, -0.2) is 4.98 Å². The molecule has 78 valence electrons. The van der Waals surface area contributed by atoms with Crippen LogP contribution in [0.3, 0.4) is 0 Å². The van der Waals surface area contributed by atoms with Gasteiger partial charge in [-0.2, -0.15) is 0 Å². The minimum atomic E-state index is 1.07. The summed E-state index contributed by atoms with van der Waals surface area (Å²) in [5, 5.41) is 0. The molecule has 1 aliphatic rings. The summed E-state index contributed by atoms with van der Waals surface area (Å²) in [6.45, 7) is 4.13. The number of pyridine rings is 1. The molecule has 1 nitrogen and oxygen atoms in total. The van der Waals surface area contributed by atoms with Crippen LogP contribution in [0.4, 0.5) is 0 Å². The van der Waals surface area contributed by atoms with Crippen molar-refractivity contribution in [3.05, 3.63) is 41.2 Å². The van der Waals surface area contributed by atoms with Gasteiger partial charge in [0.1, 0.15) is 0 Å². The molecular formula is C14H17N. The van der Waals surface area contributed by atoms with E-state index in [1.54, 1.807) is 0 Å². The number of allylic oxidation sites excluding steroid dienone is 3. The molecule has 1 aromatic rings.